The lowest BCUT2D eigenvalue weighted by Crippen LogP contribution is -2.17. The van der Waals surface area contributed by atoms with Crippen molar-refractivity contribution in [3.05, 3.63) is 45.1 Å². The largest absolute Gasteiger partial charge is 0.448 e. The molecule has 0 aliphatic heterocycles. The van der Waals surface area contributed by atoms with Gasteiger partial charge in [0.2, 0.25) is 11.8 Å². The Morgan fingerprint density at radius 3 is 1.57 bits per heavy atom. The Morgan fingerprint density at radius 2 is 1.21 bits per heavy atom. The van der Waals surface area contributed by atoms with Crippen molar-refractivity contribution in [2.75, 3.05) is 0 Å². The zero-order valence-corrected chi connectivity index (χ0v) is 18.2. The molecule has 0 aliphatic carbocycles. The van der Waals surface area contributed by atoms with Gasteiger partial charge in [-0.25, -0.2) is 10.9 Å². The van der Waals surface area contributed by atoms with Gasteiger partial charge in [-0.3, -0.25) is 9.59 Å². The van der Waals surface area contributed by atoms with Crippen molar-refractivity contribution in [2.24, 2.45) is 10.2 Å². The summed E-state index contributed by atoms with van der Waals surface area (Å²) in [5.41, 5.74) is 4.90. The molecule has 0 spiro atoms. The minimum absolute atomic E-state index is 0.154. The number of furan rings is 2. The zero-order valence-electron chi connectivity index (χ0n) is 15.0. The molecule has 0 saturated carbocycles. The molecule has 28 heavy (non-hydrogen) atoms. The normalized spacial score (nSPS) is 11.4. The summed E-state index contributed by atoms with van der Waals surface area (Å²) >= 11 is 6.37. The third kappa shape index (κ3) is 9.14. The molecule has 2 amide bonds. The first-order valence-electron chi connectivity index (χ1n) is 8.67. The Kier molecular flexibility index (Phi) is 9.70. The first-order chi connectivity index (χ1) is 13.5. The van der Waals surface area contributed by atoms with Gasteiger partial charge in [0.05, 0.1) is 12.4 Å². The Labute approximate surface area is 179 Å². The average molecular weight is 516 g/mol. The summed E-state index contributed by atoms with van der Waals surface area (Å²) in [6, 6.07) is 6.95. The van der Waals surface area contributed by atoms with Crippen LogP contribution in [-0.2, 0) is 9.59 Å². The highest BCUT2D eigenvalue weighted by Crippen LogP contribution is 2.12. The van der Waals surface area contributed by atoms with Gasteiger partial charge in [0.1, 0.15) is 11.5 Å². The van der Waals surface area contributed by atoms with Gasteiger partial charge < -0.3 is 8.83 Å². The molecular formula is C18H20Br2N4O4. The molecule has 2 heterocycles. The maximum absolute atomic E-state index is 11.7. The molecule has 8 nitrogen and oxygen atoms in total. The number of nitrogens with zero attached hydrogens (tertiary/aromatic N) is 2. The first kappa shape index (κ1) is 22.1. The van der Waals surface area contributed by atoms with E-state index < -0.39 is 0 Å². The molecule has 0 radical (unpaired) electrons. The van der Waals surface area contributed by atoms with Gasteiger partial charge in [-0.2, -0.15) is 10.2 Å². The summed E-state index contributed by atoms with van der Waals surface area (Å²) in [5.74, 6) is 0.788. The molecule has 2 rings (SSSR count). The number of amides is 2. The summed E-state index contributed by atoms with van der Waals surface area (Å²) in [4.78, 5) is 23.3. The van der Waals surface area contributed by atoms with Gasteiger partial charge >= 0.3 is 0 Å². The number of hydrazone groups is 2. The molecule has 2 aromatic heterocycles. The predicted octanol–water partition coefficient (Wildman–Crippen LogP) is 4.34. The van der Waals surface area contributed by atoms with Gasteiger partial charge in [-0.1, -0.05) is 12.8 Å². The van der Waals surface area contributed by atoms with Gasteiger partial charge in [0, 0.05) is 12.8 Å². The monoisotopic (exact) mass is 514 g/mol. The summed E-state index contributed by atoms with van der Waals surface area (Å²) in [5, 5.41) is 7.66. The van der Waals surface area contributed by atoms with Crippen LogP contribution in [0.2, 0.25) is 0 Å². The van der Waals surface area contributed by atoms with Crippen molar-refractivity contribution in [1.29, 1.82) is 0 Å². The van der Waals surface area contributed by atoms with Crippen molar-refractivity contribution in [2.45, 2.75) is 38.5 Å². The van der Waals surface area contributed by atoms with Crippen molar-refractivity contribution < 1.29 is 18.4 Å². The number of carbonyl (C=O) groups is 2. The number of carbonyl (C=O) groups excluding carboxylic acids is 2. The van der Waals surface area contributed by atoms with E-state index in [1.165, 1.54) is 12.4 Å². The van der Waals surface area contributed by atoms with E-state index in [2.05, 4.69) is 52.9 Å². The molecular weight excluding hydrogens is 496 g/mol. The molecule has 0 fully saturated rings. The highest BCUT2D eigenvalue weighted by atomic mass is 79.9. The summed E-state index contributed by atoms with van der Waals surface area (Å²) in [6.07, 6.45) is 6.84. The quantitative estimate of drug-likeness (QED) is 0.263. The van der Waals surface area contributed by atoms with E-state index in [1.54, 1.807) is 24.3 Å². The molecule has 0 unspecified atom stereocenters. The van der Waals surface area contributed by atoms with E-state index >= 15 is 0 Å². The maximum atomic E-state index is 11.7. The van der Waals surface area contributed by atoms with Crippen LogP contribution in [0.5, 0.6) is 0 Å². The van der Waals surface area contributed by atoms with E-state index in [4.69, 9.17) is 8.83 Å². The van der Waals surface area contributed by atoms with Crippen LogP contribution in [-0.4, -0.2) is 24.2 Å². The zero-order chi connectivity index (χ0) is 20.2. The highest BCUT2D eigenvalue weighted by molar-refractivity contribution is 9.10. The van der Waals surface area contributed by atoms with Gasteiger partial charge in [-0.05, 0) is 69.0 Å². The second-order valence-corrected chi connectivity index (χ2v) is 7.35. The number of hydrogen-bond acceptors (Lipinski definition) is 6. The second kappa shape index (κ2) is 12.3. The Morgan fingerprint density at radius 1 is 0.786 bits per heavy atom. The Balaban J connectivity index is 1.47. The summed E-state index contributed by atoms with van der Waals surface area (Å²) < 4.78 is 11.7. The number of unbranched alkanes of at least 4 members (excludes halogenated alkanes) is 3. The highest BCUT2D eigenvalue weighted by Gasteiger charge is 2.02. The fourth-order valence-corrected chi connectivity index (χ4v) is 2.81. The van der Waals surface area contributed by atoms with Crippen LogP contribution in [0.25, 0.3) is 0 Å². The molecule has 2 N–H and O–H groups in total. The SMILES string of the molecule is O=C(CCCCCCC(=O)N/N=C\c1ccc(Br)o1)N/N=C\c1ccc(Br)o1. The molecule has 2 aromatic rings. The minimum atomic E-state index is -0.154. The van der Waals surface area contributed by atoms with Crippen LogP contribution < -0.4 is 10.9 Å². The lowest BCUT2D eigenvalue weighted by molar-refractivity contribution is -0.122. The van der Waals surface area contributed by atoms with Crippen LogP contribution in [0.15, 0.2) is 52.6 Å². The van der Waals surface area contributed by atoms with Crippen molar-refractivity contribution in [3.8, 4) is 0 Å². The average Bonchev–Trinajstić information content (AvgIpc) is 3.26. The number of hydrogen-bond donors (Lipinski definition) is 2. The van der Waals surface area contributed by atoms with E-state index in [1.807, 2.05) is 0 Å². The summed E-state index contributed by atoms with van der Waals surface area (Å²) in [7, 11) is 0. The Hall–Kier alpha value is -2.20. The molecule has 0 aliphatic rings. The van der Waals surface area contributed by atoms with Gasteiger partial charge in [0.15, 0.2) is 9.34 Å². The van der Waals surface area contributed by atoms with Gasteiger partial charge in [0.25, 0.3) is 0 Å². The number of nitrogens with one attached hydrogen (secondary N) is 2. The molecule has 0 bridgehead atoms. The van der Waals surface area contributed by atoms with Crippen LogP contribution >= 0.6 is 31.9 Å². The van der Waals surface area contributed by atoms with Crippen molar-refractivity contribution in [3.63, 3.8) is 0 Å². The van der Waals surface area contributed by atoms with Crippen molar-refractivity contribution >= 4 is 56.1 Å². The fourth-order valence-electron chi connectivity index (χ4n) is 2.17. The fraction of sp³-hybridized carbons (Fsp3) is 0.333. The molecule has 0 atom stereocenters. The number of rotatable bonds is 11. The lowest BCUT2D eigenvalue weighted by atomic mass is 10.1. The molecule has 0 aromatic carbocycles. The smallest absolute Gasteiger partial charge is 0.240 e. The van der Waals surface area contributed by atoms with Crippen LogP contribution in [0.4, 0.5) is 0 Å². The summed E-state index contributed by atoms with van der Waals surface area (Å²) in [6.45, 7) is 0. The third-order valence-corrected chi connectivity index (χ3v) is 4.36. The maximum Gasteiger partial charge on any atom is 0.240 e. The minimum Gasteiger partial charge on any atom is -0.448 e. The Bertz CT molecular complexity index is 761. The van der Waals surface area contributed by atoms with Crippen molar-refractivity contribution in [1.82, 2.24) is 10.9 Å². The van der Waals surface area contributed by atoms with Crippen LogP contribution in [0, 0.1) is 0 Å². The van der Waals surface area contributed by atoms with E-state index in [9.17, 15) is 9.59 Å². The topological polar surface area (TPSA) is 109 Å². The first-order valence-corrected chi connectivity index (χ1v) is 10.3. The van der Waals surface area contributed by atoms with Crippen LogP contribution in [0.1, 0.15) is 50.0 Å². The molecule has 10 heteroatoms. The lowest BCUT2D eigenvalue weighted by Gasteiger charge is -2.01. The second-order valence-electron chi connectivity index (χ2n) is 5.78. The predicted molar refractivity (Wildman–Crippen MR) is 112 cm³/mol. The van der Waals surface area contributed by atoms with E-state index in [0.29, 0.717) is 33.7 Å². The van der Waals surface area contributed by atoms with E-state index in [-0.39, 0.29) is 11.8 Å². The molecule has 0 saturated heterocycles. The third-order valence-electron chi connectivity index (χ3n) is 3.51. The standard InChI is InChI=1S/C18H20Br2N4O4/c19-15-9-7-13(27-15)11-21-23-17(25)5-3-1-2-4-6-18(26)24-22-12-14-8-10-16(20)28-14/h7-12H,1-6H2,(H,23,25)(H,24,26)/b21-11-,22-12-. The van der Waals surface area contributed by atoms with Gasteiger partial charge in [-0.15, -0.1) is 0 Å². The van der Waals surface area contributed by atoms with Crippen LogP contribution in [0.3, 0.4) is 0 Å². The molecule has 150 valence electrons. The van der Waals surface area contributed by atoms with E-state index in [0.717, 1.165) is 25.7 Å². The number of halogens is 2.